The number of carbonyl (C=O) groups is 2. The predicted octanol–water partition coefficient (Wildman–Crippen LogP) is -0.473. The molecule has 0 aromatic carbocycles. The van der Waals surface area contributed by atoms with Crippen LogP contribution in [0, 0.1) is 0 Å². The third-order valence-corrected chi connectivity index (χ3v) is 2.47. The van der Waals surface area contributed by atoms with E-state index in [1.165, 1.54) is 6.26 Å². The van der Waals surface area contributed by atoms with Crippen LogP contribution >= 0.6 is 0 Å². The number of carbonyl (C=O) groups excluding carboxylic acids is 1. The number of rotatable bonds is 6. The van der Waals surface area contributed by atoms with Crippen molar-refractivity contribution in [3.8, 4) is 0 Å². The molecule has 15 heavy (non-hydrogen) atoms. The molecule has 2 atom stereocenters. The maximum atomic E-state index is 11.1. The number of amides is 2. The maximum absolute atomic E-state index is 11.1. The second kappa shape index (κ2) is 7.22. The van der Waals surface area contributed by atoms with E-state index < -0.39 is 28.8 Å². The first-order valence-corrected chi connectivity index (χ1v) is 6.27. The van der Waals surface area contributed by atoms with E-state index >= 15 is 0 Å². The zero-order valence-corrected chi connectivity index (χ0v) is 9.60. The van der Waals surface area contributed by atoms with E-state index in [0.29, 0.717) is 12.2 Å². The topological polar surface area (TPSA) is 95.5 Å². The second-order valence-corrected chi connectivity index (χ2v) is 4.53. The Labute approximate surface area is 90.9 Å². The normalized spacial score (nSPS) is 14.0. The van der Waals surface area contributed by atoms with Gasteiger partial charge in [0.05, 0.1) is 0 Å². The molecule has 0 aliphatic rings. The van der Waals surface area contributed by atoms with Crippen molar-refractivity contribution in [3.63, 3.8) is 0 Å². The average molecular weight is 236 g/mol. The smallest absolute Gasteiger partial charge is 0.326 e. The van der Waals surface area contributed by atoms with Crippen molar-refractivity contribution in [2.45, 2.75) is 19.4 Å². The number of carboxylic acid groups (broad SMARTS) is 1. The van der Waals surface area contributed by atoms with Gasteiger partial charge in [0.25, 0.3) is 0 Å². The van der Waals surface area contributed by atoms with Gasteiger partial charge in [-0.1, -0.05) is 6.92 Å². The van der Waals surface area contributed by atoms with E-state index in [0.717, 1.165) is 0 Å². The van der Waals surface area contributed by atoms with Crippen LogP contribution in [0.1, 0.15) is 13.3 Å². The largest absolute Gasteiger partial charge is 0.480 e. The molecule has 0 aromatic heterocycles. The maximum Gasteiger partial charge on any atom is 0.326 e. The molecule has 0 heterocycles. The van der Waals surface area contributed by atoms with Gasteiger partial charge in [-0.2, -0.15) is 0 Å². The molecule has 0 aliphatic heterocycles. The Kier molecular flexibility index (Phi) is 6.68. The summed E-state index contributed by atoms with van der Waals surface area (Å²) in [6.07, 6.45) is 1.86. The van der Waals surface area contributed by atoms with Crippen LogP contribution in [0.5, 0.6) is 0 Å². The fraction of sp³-hybridized carbons (Fsp3) is 0.750. The minimum Gasteiger partial charge on any atom is -0.480 e. The Morgan fingerprint density at radius 1 is 1.47 bits per heavy atom. The van der Waals surface area contributed by atoms with E-state index in [4.69, 9.17) is 5.11 Å². The summed E-state index contributed by atoms with van der Waals surface area (Å²) in [4.78, 5) is 21.7. The van der Waals surface area contributed by atoms with Crippen molar-refractivity contribution in [2.24, 2.45) is 0 Å². The molecule has 88 valence electrons. The van der Waals surface area contributed by atoms with E-state index in [1.807, 2.05) is 0 Å². The van der Waals surface area contributed by atoms with Gasteiger partial charge in [0.15, 0.2) is 0 Å². The van der Waals surface area contributed by atoms with Crippen LogP contribution in [-0.4, -0.2) is 45.9 Å². The lowest BCUT2D eigenvalue weighted by Crippen LogP contribution is -2.46. The van der Waals surface area contributed by atoms with Crippen molar-refractivity contribution in [1.82, 2.24) is 10.6 Å². The standard InChI is InChI=1S/C8H16N2O4S/c1-3-6(7(11)12)10-8(13)9-4-5-15(2)14/h6H,3-5H2,1-2H3,(H,11,12)(H2,9,10,13)/t6-,15?/m0/s1. The molecule has 3 N–H and O–H groups in total. The van der Waals surface area contributed by atoms with Gasteiger partial charge in [-0.3, -0.25) is 4.21 Å². The molecule has 7 heteroatoms. The van der Waals surface area contributed by atoms with Crippen LogP contribution in [-0.2, 0) is 15.6 Å². The fourth-order valence-corrected chi connectivity index (χ4v) is 1.25. The predicted molar refractivity (Wildman–Crippen MR) is 57.2 cm³/mol. The third-order valence-electron chi connectivity index (χ3n) is 1.69. The van der Waals surface area contributed by atoms with E-state index in [1.54, 1.807) is 6.92 Å². The van der Waals surface area contributed by atoms with Gasteiger partial charge < -0.3 is 15.7 Å². The number of hydrogen-bond acceptors (Lipinski definition) is 3. The summed E-state index contributed by atoms with van der Waals surface area (Å²) in [6, 6.07) is -1.42. The highest BCUT2D eigenvalue weighted by Crippen LogP contribution is 1.89. The molecule has 0 bridgehead atoms. The lowest BCUT2D eigenvalue weighted by molar-refractivity contribution is -0.139. The lowest BCUT2D eigenvalue weighted by atomic mass is 10.2. The van der Waals surface area contributed by atoms with Crippen molar-refractivity contribution in [1.29, 1.82) is 0 Å². The number of aliphatic carboxylic acids is 1. The first-order chi connectivity index (χ1) is 6.97. The van der Waals surface area contributed by atoms with Crippen molar-refractivity contribution < 1.29 is 18.9 Å². The van der Waals surface area contributed by atoms with Gasteiger partial charge in [0, 0.05) is 29.4 Å². The van der Waals surface area contributed by atoms with E-state index in [-0.39, 0.29) is 6.54 Å². The Morgan fingerprint density at radius 2 is 2.07 bits per heavy atom. The third kappa shape index (κ3) is 6.89. The summed E-state index contributed by atoms with van der Waals surface area (Å²) in [5.41, 5.74) is 0. The highest BCUT2D eigenvalue weighted by molar-refractivity contribution is 7.84. The van der Waals surface area contributed by atoms with Crippen LogP contribution in [0.4, 0.5) is 4.79 Å². The molecule has 0 saturated heterocycles. The SMILES string of the molecule is CC[C@H](NC(=O)NCCS(C)=O)C(=O)O. The van der Waals surface area contributed by atoms with Crippen molar-refractivity contribution >= 4 is 22.8 Å². The molecule has 0 saturated carbocycles. The first kappa shape index (κ1) is 13.9. The first-order valence-electron chi connectivity index (χ1n) is 4.54. The van der Waals surface area contributed by atoms with Gasteiger partial charge >= 0.3 is 12.0 Å². The second-order valence-electron chi connectivity index (χ2n) is 2.98. The molecule has 6 nitrogen and oxygen atoms in total. The minimum absolute atomic E-state index is 0.269. The Bertz CT molecular complexity index is 257. The van der Waals surface area contributed by atoms with E-state index in [9.17, 15) is 13.8 Å². The summed E-state index contributed by atoms with van der Waals surface area (Å²) in [5, 5.41) is 13.4. The molecule has 1 unspecified atom stereocenters. The van der Waals surface area contributed by atoms with Crippen LogP contribution in [0.25, 0.3) is 0 Å². The highest BCUT2D eigenvalue weighted by Gasteiger charge is 2.16. The Balaban J connectivity index is 3.81. The summed E-state index contributed by atoms with van der Waals surface area (Å²) in [6.45, 7) is 1.94. The number of carboxylic acids is 1. The van der Waals surface area contributed by atoms with Gasteiger partial charge in [0.2, 0.25) is 0 Å². The molecule has 0 aliphatic carbocycles. The molecule has 2 amide bonds. The molecular weight excluding hydrogens is 220 g/mol. The molecule has 0 spiro atoms. The summed E-state index contributed by atoms with van der Waals surface area (Å²) in [7, 11) is -0.964. The summed E-state index contributed by atoms with van der Waals surface area (Å²) in [5.74, 6) is -0.705. The van der Waals surface area contributed by atoms with Crippen molar-refractivity contribution in [2.75, 3.05) is 18.6 Å². The zero-order valence-electron chi connectivity index (χ0n) is 8.78. The number of hydrogen-bond donors (Lipinski definition) is 3. The van der Waals surface area contributed by atoms with Crippen LogP contribution < -0.4 is 10.6 Å². The number of nitrogens with one attached hydrogen (secondary N) is 2. The average Bonchev–Trinajstić information content (AvgIpc) is 2.13. The molecule has 0 radical (unpaired) electrons. The van der Waals surface area contributed by atoms with Crippen LogP contribution in [0.3, 0.4) is 0 Å². The molecule has 0 fully saturated rings. The minimum atomic E-state index is -1.06. The Morgan fingerprint density at radius 3 is 2.47 bits per heavy atom. The van der Waals surface area contributed by atoms with Gasteiger partial charge in [-0.05, 0) is 6.42 Å². The van der Waals surface area contributed by atoms with Crippen LogP contribution in [0.15, 0.2) is 0 Å². The van der Waals surface area contributed by atoms with Gasteiger partial charge in [-0.25, -0.2) is 9.59 Å². The monoisotopic (exact) mass is 236 g/mol. The number of urea groups is 1. The highest BCUT2D eigenvalue weighted by atomic mass is 32.2. The lowest BCUT2D eigenvalue weighted by Gasteiger charge is -2.12. The van der Waals surface area contributed by atoms with Gasteiger partial charge in [0.1, 0.15) is 6.04 Å². The molecule has 0 rings (SSSR count). The Hall–Kier alpha value is -1.11. The van der Waals surface area contributed by atoms with Crippen LogP contribution in [0.2, 0.25) is 0 Å². The molecule has 0 aromatic rings. The van der Waals surface area contributed by atoms with E-state index in [2.05, 4.69) is 10.6 Å². The van der Waals surface area contributed by atoms with Crippen molar-refractivity contribution in [3.05, 3.63) is 0 Å². The zero-order chi connectivity index (χ0) is 11.8. The summed E-state index contributed by atoms with van der Waals surface area (Å²) >= 11 is 0. The van der Waals surface area contributed by atoms with Gasteiger partial charge in [-0.15, -0.1) is 0 Å². The molecular formula is C8H16N2O4S. The quantitative estimate of drug-likeness (QED) is 0.581. The summed E-state index contributed by atoms with van der Waals surface area (Å²) < 4.78 is 10.7. The fourth-order valence-electron chi connectivity index (χ4n) is 0.856.